The van der Waals surface area contributed by atoms with E-state index in [1.807, 2.05) is 36.1 Å². The number of ether oxygens (including phenoxy) is 1. The zero-order chi connectivity index (χ0) is 19.1. The van der Waals surface area contributed by atoms with E-state index < -0.39 is 0 Å². The van der Waals surface area contributed by atoms with Gasteiger partial charge in [0.05, 0.1) is 12.2 Å². The Morgan fingerprint density at radius 3 is 2.56 bits per heavy atom. The zero-order valence-corrected chi connectivity index (χ0v) is 16.2. The first-order valence-corrected chi connectivity index (χ1v) is 9.89. The molecule has 1 saturated heterocycles. The maximum Gasteiger partial charge on any atom is 0.255 e. The number of nitrogens with zero attached hydrogens (tertiary/aromatic N) is 2. The van der Waals surface area contributed by atoms with Gasteiger partial charge in [0.2, 0.25) is 0 Å². The van der Waals surface area contributed by atoms with Crippen LogP contribution in [0.5, 0.6) is 5.75 Å². The maximum absolute atomic E-state index is 12.5. The first kappa shape index (κ1) is 19.4. The highest BCUT2D eigenvalue weighted by molar-refractivity contribution is 5.93. The quantitative estimate of drug-likeness (QED) is 0.808. The number of hydrogen-bond donors (Lipinski definition) is 1. The van der Waals surface area contributed by atoms with Gasteiger partial charge >= 0.3 is 0 Å². The molecule has 1 fully saturated rings. The number of piperidine rings is 1. The molecule has 1 amide bonds. The molecule has 0 aliphatic carbocycles. The molecule has 1 aliphatic heterocycles. The Labute approximate surface area is 161 Å². The average Bonchev–Trinajstić information content (AvgIpc) is 2.73. The second kappa shape index (κ2) is 9.51. The number of nitrogens with one attached hydrogen (secondary N) is 1. The summed E-state index contributed by atoms with van der Waals surface area (Å²) in [6.45, 7) is 6.45. The van der Waals surface area contributed by atoms with Crippen LogP contribution in [0.3, 0.4) is 0 Å². The highest BCUT2D eigenvalue weighted by Gasteiger charge is 2.25. The highest BCUT2D eigenvalue weighted by Crippen LogP contribution is 2.23. The van der Waals surface area contributed by atoms with Gasteiger partial charge < -0.3 is 15.0 Å². The van der Waals surface area contributed by atoms with E-state index in [2.05, 4.69) is 29.4 Å². The summed E-state index contributed by atoms with van der Waals surface area (Å²) in [4.78, 5) is 18.5. The van der Waals surface area contributed by atoms with Crippen LogP contribution < -0.4 is 10.1 Å². The Hall–Kier alpha value is -2.40. The van der Waals surface area contributed by atoms with Gasteiger partial charge in [0.1, 0.15) is 5.75 Å². The molecule has 1 aliphatic rings. The molecule has 0 radical (unpaired) electrons. The number of benzene rings is 1. The van der Waals surface area contributed by atoms with Crippen LogP contribution >= 0.6 is 0 Å². The Kier molecular flexibility index (Phi) is 6.82. The van der Waals surface area contributed by atoms with Crippen molar-refractivity contribution in [3.63, 3.8) is 0 Å². The fraction of sp³-hybridized carbons (Fsp3) is 0.455. The van der Waals surface area contributed by atoms with Crippen molar-refractivity contribution in [1.82, 2.24) is 15.2 Å². The van der Waals surface area contributed by atoms with Gasteiger partial charge in [-0.1, -0.05) is 19.1 Å². The molecule has 2 heterocycles. The summed E-state index contributed by atoms with van der Waals surface area (Å²) in [6, 6.07) is 12.8. The summed E-state index contributed by atoms with van der Waals surface area (Å²) < 4.78 is 5.53. The van der Waals surface area contributed by atoms with Crippen LogP contribution in [0, 0.1) is 0 Å². The van der Waals surface area contributed by atoms with E-state index >= 15 is 0 Å². The van der Waals surface area contributed by atoms with E-state index in [-0.39, 0.29) is 5.91 Å². The minimum absolute atomic E-state index is 0.0834. The van der Waals surface area contributed by atoms with Crippen molar-refractivity contribution in [3.8, 4) is 5.75 Å². The number of pyridine rings is 1. The first-order valence-electron chi connectivity index (χ1n) is 9.89. The second-order valence-electron chi connectivity index (χ2n) is 6.94. The summed E-state index contributed by atoms with van der Waals surface area (Å²) in [7, 11) is 0. The van der Waals surface area contributed by atoms with Crippen LogP contribution in [0.4, 0.5) is 0 Å². The SMILES string of the molecule is CCOc1ccc(C(CC)NC2CCN(C(=O)c3cccnc3)CC2)cc1. The molecule has 1 atom stereocenters. The second-order valence-corrected chi connectivity index (χ2v) is 6.94. The Bertz CT molecular complexity index is 710. The van der Waals surface area contributed by atoms with E-state index in [0.29, 0.717) is 24.3 Å². The topological polar surface area (TPSA) is 54.5 Å². The lowest BCUT2D eigenvalue weighted by Gasteiger charge is -2.34. The van der Waals surface area contributed by atoms with Crippen LogP contribution in [-0.4, -0.2) is 41.5 Å². The molecule has 0 bridgehead atoms. The molecular weight excluding hydrogens is 338 g/mol. The van der Waals surface area contributed by atoms with E-state index in [0.717, 1.165) is 38.1 Å². The number of likely N-dealkylation sites (tertiary alicyclic amines) is 1. The minimum Gasteiger partial charge on any atom is -0.494 e. The third kappa shape index (κ3) is 5.07. The van der Waals surface area contributed by atoms with Crippen LogP contribution in [0.2, 0.25) is 0 Å². The van der Waals surface area contributed by atoms with Crippen LogP contribution in [-0.2, 0) is 0 Å². The molecule has 1 N–H and O–H groups in total. The number of amides is 1. The first-order chi connectivity index (χ1) is 13.2. The van der Waals surface area contributed by atoms with Gasteiger partial charge in [-0.15, -0.1) is 0 Å². The van der Waals surface area contributed by atoms with Crippen LogP contribution in [0.1, 0.15) is 55.1 Å². The van der Waals surface area contributed by atoms with E-state index in [9.17, 15) is 4.79 Å². The van der Waals surface area contributed by atoms with Gasteiger partial charge in [0, 0.05) is 37.6 Å². The van der Waals surface area contributed by atoms with Crippen molar-refractivity contribution in [2.24, 2.45) is 0 Å². The molecule has 5 heteroatoms. The summed E-state index contributed by atoms with van der Waals surface area (Å²) in [5, 5.41) is 3.78. The van der Waals surface area contributed by atoms with Gasteiger partial charge in [-0.3, -0.25) is 9.78 Å². The fourth-order valence-corrected chi connectivity index (χ4v) is 3.62. The van der Waals surface area contributed by atoms with Crippen LogP contribution in [0.15, 0.2) is 48.8 Å². The number of carbonyl (C=O) groups excluding carboxylic acids is 1. The third-order valence-corrected chi connectivity index (χ3v) is 5.13. The molecule has 1 aromatic heterocycles. The standard InChI is InChI=1S/C22H29N3O2/c1-3-21(17-7-9-20(10-8-17)27-4-2)24-19-11-14-25(15-12-19)22(26)18-6-5-13-23-16-18/h5-10,13,16,19,21,24H,3-4,11-12,14-15H2,1-2H3. The molecule has 3 rings (SSSR count). The molecule has 1 unspecified atom stereocenters. The molecule has 1 aromatic carbocycles. The summed E-state index contributed by atoms with van der Waals surface area (Å²) in [5.41, 5.74) is 1.96. The smallest absolute Gasteiger partial charge is 0.255 e. The molecule has 5 nitrogen and oxygen atoms in total. The molecule has 0 spiro atoms. The number of rotatable bonds is 7. The van der Waals surface area contributed by atoms with Gasteiger partial charge in [-0.25, -0.2) is 0 Å². The van der Waals surface area contributed by atoms with Crippen molar-refractivity contribution in [3.05, 3.63) is 59.9 Å². The van der Waals surface area contributed by atoms with E-state index in [4.69, 9.17) is 4.74 Å². The van der Waals surface area contributed by atoms with E-state index in [1.54, 1.807) is 12.4 Å². The van der Waals surface area contributed by atoms with Crippen molar-refractivity contribution >= 4 is 5.91 Å². The van der Waals surface area contributed by atoms with E-state index in [1.165, 1.54) is 5.56 Å². The van der Waals surface area contributed by atoms with Crippen molar-refractivity contribution in [1.29, 1.82) is 0 Å². The van der Waals surface area contributed by atoms with Crippen molar-refractivity contribution in [2.75, 3.05) is 19.7 Å². The number of carbonyl (C=O) groups is 1. The highest BCUT2D eigenvalue weighted by atomic mass is 16.5. The lowest BCUT2D eigenvalue weighted by Crippen LogP contribution is -2.45. The predicted octanol–water partition coefficient (Wildman–Crippen LogP) is 3.83. The largest absolute Gasteiger partial charge is 0.494 e. The fourth-order valence-electron chi connectivity index (χ4n) is 3.62. The summed E-state index contributed by atoms with van der Waals surface area (Å²) in [6.07, 6.45) is 6.31. The summed E-state index contributed by atoms with van der Waals surface area (Å²) >= 11 is 0. The molecule has 2 aromatic rings. The van der Waals surface area contributed by atoms with Gasteiger partial charge in [-0.05, 0) is 56.0 Å². The summed E-state index contributed by atoms with van der Waals surface area (Å²) in [5.74, 6) is 0.999. The Morgan fingerprint density at radius 2 is 1.96 bits per heavy atom. The van der Waals surface area contributed by atoms with Gasteiger partial charge in [0.15, 0.2) is 0 Å². The molecule has 0 saturated carbocycles. The zero-order valence-electron chi connectivity index (χ0n) is 16.2. The lowest BCUT2D eigenvalue weighted by atomic mass is 9.99. The minimum atomic E-state index is 0.0834. The Morgan fingerprint density at radius 1 is 1.22 bits per heavy atom. The third-order valence-electron chi connectivity index (χ3n) is 5.13. The average molecular weight is 367 g/mol. The normalized spacial score (nSPS) is 16.1. The number of aromatic nitrogens is 1. The van der Waals surface area contributed by atoms with Crippen molar-refractivity contribution < 1.29 is 9.53 Å². The van der Waals surface area contributed by atoms with Gasteiger partial charge in [0.25, 0.3) is 5.91 Å². The van der Waals surface area contributed by atoms with Crippen LogP contribution in [0.25, 0.3) is 0 Å². The Balaban J connectivity index is 1.53. The molecule has 144 valence electrons. The van der Waals surface area contributed by atoms with Gasteiger partial charge in [-0.2, -0.15) is 0 Å². The maximum atomic E-state index is 12.5. The molecule has 27 heavy (non-hydrogen) atoms. The van der Waals surface area contributed by atoms with Crippen molar-refractivity contribution in [2.45, 2.75) is 45.2 Å². The lowest BCUT2D eigenvalue weighted by molar-refractivity contribution is 0.0701. The molecular formula is C22H29N3O2. The predicted molar refractivity (Wildman–Crippen MR) is 107 cm³/mol. The number of hydrogen-bond acceptors (Lipinski definition) is 4. The monoisotopic (exact) mass is 367 g/mol.